The fourth-order valence-electron chi connectivity index (χ4n) is 3.26. The van der Waals surface area contributed by atoms with Crippen molar-refractivity contribution in [3.63, 3.8) is 0 Å². The molecule has 0 spiro atoms. The molecule has 2 aromatic rings. The van der Waals surface area contributed by atoms with Crippen LogP contribution >= 0.6 is 0 Å². The first kappa shape index (κ1) is 20.0. The van der Waals surface area contributed by atoms with Crippen LogP contribution in [0.5, 0.6) is 5.75 Å². The zero-order valence-electron chi connectivity index (χ0n) is 15.9. The minimum atomic E-state index is -0.904. The number of methoxy groups -OCH3 is 1. The third-order valence-corrected chi connectivity index (χ3v) is 4.82. The molecule has 0 saturated carbocycles. The van der Waals surface area contributed by atoms with Crippen molar-refractivity contribution in [2.24, 2.45) is 11.0 Å². The molecule has 0 radical (unpaired) electrons. The van der Waals surface area contributed by atoms with Crippen LogP contribution in [-0.2, 0) is 9.59 Å². The Morgan fingerprint density at radius 1 is 1.28 bits per heavy atom. The van der Waals surface area contributed by atoms with Gasteiger partial charge in [-0.2, -0.15) is 5.10 Å². The maximum Gasteiger partial charge on any atom is 0.311 e. The molecule has 1 fully saturated rings. The normalized spacial score (nSPS) is 18.8. The number of nitro benzene ring substituents is 1. The fraction of sp³-hybridized carbons (Fsp3) is 0.250. The van der Waals surface area contributed by atoms with Crippen molar-refractivity contribution in [2.45, 2.75) is 12.8 Å². The van der Waals surface area contributed by atoms with Crippen molar-refractivity contribution in [3.05, 3.63) is 69.8 Å². The minimum absolute atomic E-state index is 0.129. The summed E-state index contributed by atoms with van der Waals surface area (Å²) in [5.74, 6) is -1.95. The zero-order chi connectivity index (χ0) is 21.0. The van der Waals surface area contributed by atoms with Crippen LogP contribution in [0.1, 0.15) is 24.0 Å². The fourth-order valence-corrected chi connectivity index (χ4v) is 3.26. The van der Waals surface area contributed by atoms with Crippen LogP contribution in [0.2, 0.25) is 0 Å². The van der Waals surface area contributed by atoms with Crippen molar-refractivity contribution in [1.82, 2.24) is 10.7 Å². The van der Waals surface area contributed by atoms with Crippen molar-refractivity contribution < 1.29 is 19.2 Å². The van der Waals surface area contributed by atoms with Gasteiger partial charge in [0.15, 0.2) is 5.75 Å². The average Bonchev–Trinajstić information content (AvgIpc) is 3.13. The number of nitrogens with one attached hydrogen (secondary N) is 2. The smallest absolute Gasteiger partial charge is 0.311 e. The lowest BCUT2D eigenvalue weighted by atomic mass is 9.88. The Labute approximate surface area is 166 Å². The predicted molar refractivity (Wildman–Crippen MR) is 106 cm³/mol. The van der Waals surface area contributed by atoms with Crippen LogP contribution in [0.3, 0.4) is 0 Å². The lowest BCUT2D eigenvalue weighted by Gasteiger charge is -2.15. The third-order valence-electron chi connectivity index (χ3n) is 4.82. The van der Waals surface area contributed by atoms with E-state index in [1.165, 1.54) is 19.2 Å². The minimum Gasteiger partial charge on any atom is -0.490 e. The highest BCUT2D eigenvalue weighted by Gasteiger charge is 2.41. The van der Waals surface area contributed by atoms with Gasteiger partial charge in [0.2, 0.25) is 5.91 Å². The lowest BCUT2D eigenvalue weighted by Crippen LogP contribution is -2.35. The lowest BCUT2D eigenvalue weighted by molar-refractivity contribution is -0.385. The summed E-state index contributed by atoms with van der Waals surface area (Å²) in [4.78, 5) is 35.5. The number of carbonyl (C=O) groups excluding carboxylic acids is 2. The van der Waals surface area contributed by atoms with Gasteiger partial charge >= 0.3 is 5.69 Å². The summed E-state index contributed by atoms with van der Waals surface area (Å²) >= 11 is 0. The Bertz CT molecular complexity index is 974. The quantitative estimate of drug-likeness (QED) is 0.334. The number of rotatable bonds is 6. The van der Waals surface area contributed by atoms with Gasteiger partial charge in [0.25, 0.3) is 5.91 Å². The van der Waals surface area contributed by atoms with E-state index >= 15 is 0 Å². The van der Waals surface area contributed by atoms with Gasteiger partial charge in [0.1, 0.15) is 5.92 Å². The molecule has 0 unspecified atom stereocenters. The monoisotopic (exact) mass is 396 g/mol. The van der Waals surface area contributed by atoms with E-state index in [4.69, 9.17) is 4.74 Å². The second-order valence-corrected chi connectivity index (χ2v) is 6.56. The number of hydrogen-bond acceptors (Lipinski definition) is 6. The molecule has 3 rings (SSSR count). The molecular weight excluding hydrogens is 376 g/mol. The third kappa shape index (κ3) is 4.23. The standard InChI is InChI=1S/C20H20N4O5/c1-12(14-8-9-17(29-2)16(10-14)24(27)28)22-23-20(26)18-15(11-21-19(18)25)13-6-4-3-5-7-13/h3-10,15,18H,11H2,1-2H3,(H,21,25)(H,23,26)/b22-12-/t15-,18+/m0/s1. The van der Waals surface area contributed by atoms with Crippen molar-refractivity contribution in [1.29, 1.82) is 0 Å². The molecule has 9 heteroatoms. The number of carbonyl (C=O) groups is 2. The molecule has 9 nitrogen and oxygen atoms in total. The Morgan fingerprint density at radius 2 is 2.00 bits per heavy atom. The van der Waals surface area contributed by atoms with Crippen molar-refractivity contribution >= 4 is 23.2 Å². The van der Waals surface area contributed by atoms with Crippen LogP contribution in [0, 0.1) is 16.0 Å². The molecule has 1 saturated heterocycles. The topological polar surface area (TPSA) is 123 Å². The summed E-state index contributed by atoms with van der Waals surface area (Å²) in [5, 5.41) is 17.9. The molecular formula is C20H20N4O5. The van der Waals surface area contributed by atoms with Gasteiger partial charge in [-0.25, -0.2) is 5.43 Å². The van der Waals surface area contributed by atoms with Crippen LogP contribution in [0.25, 0.3) is 0 Å². The summed E-state index contributed by atoms with van der Waals surface area (Å²) in [5.41, 5.74) is 3.91. The first-order valence-corrected chi connectivity index (χ1v) is 8.92. The van der Waals surface area contributed by atoms with E-state index in [9.17, 15) is 19.7 Å². The maximum atomic E-state index is 12.6. The van der Waals surface area contributed by atoms with E-state index in [0.717, 1.165) is 5.56 Å². The molecule has 2 amide bonds. The van der Waals surface area contributed by atoms with Gasteiger partial charge in [-0.1, -0.05) is 30.3 Å². The first-order valence-electron chi connectivity index (χ1n) is 8.92. The van der Waals surface area contributed by atoms with Crippen LogP contribution in [-0.4, -0.2) is 36.1 Å². The van der Waals surface area contributed by atoms with Gasteiger partial charge in [0.05, 0.1) is 17.7 Å². The summed E-state index contributed by atoms with van der Waals surface area (Å²) in [7, 11) is 1.35. The predicted octanol–water partition coefficient (Wildman–Crippen LogP) is 1.97. The number of hydrogen-bond donors (Lipinski definition) is 2. The number of benzene rings is 2. The number of nitro groups is 1. The molecule has 2 atom stereocenters. The Kier molecular flexibility index (Phi) is 5.87. The second kappa shape index (κ2) is 8.51. The average molecular weight is 396 g/mol. The Morgan fingerprint density at radius 3 is 2.66 bits per heavy atom. The molecule has 1 heterocycles. The van der Waals surface area contributed by atoms with E-state index < -0.39 is 16.7 Å². The molecule has 0 aromatic heterocycles. The second-order valence-electron chi connectivity index (χ2n) is 6.56. The van der Waals surface area contributed by atoms with Crippen LogP contribution < -0.4 is 15.5 Å². The maximum absolute atomic E-state index is 12.6. The molecule has 29 heavy (non-hydrogen) atoms. The molecule has 1 aliphatic heterocycles. The zero-order valence-corrected chi connectivity index (χ0v) is 15.9. The van der Waals surface area contributed by atoms with E-state index in [1.807, 2.05) is 30.3 Å². The molecule has 0 aliphatic carbocycles. The molecule has 150 valence electrons. The summed E-state index contributed by atoms with van der Waals surface area (Å²) < 4.78 is 4.98. The van der Waals surface area contributed by atoms with E-state index in [2.05, 4.69) is 15.8 Å². The van der Waals surface area contributed by atoms with Crippen molar-refractivity contribution in [2.75, 3.05) is 13.7 Å². The molecule has 2 aromatic carbocycles. The van der Waals surface area contributed by atoms with Gasteiger partial charge in [-0.15, -0.1) is 0 Å². The number of nitrogens with zero attached hydrogens (tertiary/aromatic N) is 2. The summed E-state index contributed by atoms with van der Waals surface area (Å²) in [6.45, 7) is 1.98. The number of amides is 2. The SMILES string of the molecule is COc1ccc(/C(C)=N\NC(=O)[C@H]2C(=O)NC[C@H]2c2ccccc2)cc1[N+](=O)[O-]. The van der Waals surface area contributed by atoms with Gasteiger partial charge in [-0.05, 0) is 24.6 Å². The summed E-state index contributed by atoms with van der Waals surface area (Å²) in [6.07, 6.45) is 0. The van der Waals surface area contributed by atoms with Crippen LogP contribution in [0.4, 0.5) is 5.69 Å². The summed E-state index contributed by atoms with van der Waals surface area (Å²) in [6, 6.07) is 13.7. The highest BCUT2D eigenvalue weighted by atomic mass is 16.6. The van der Waals surface area contributed by atoms with E-state index in [-0.39, 0.29) is 23.3 Å². The molecule has 1 aliphatic rings. The number of hydrazone groups is 1. The van der Waals surface area contributed by atoms with E-state index in [1.54, 1.807) is 13.0 Å². The largest absolute Gasteiger partial charge is 0.490 e. The first-order chi connectivity index (χ1) is 13.9. The Hall–Kier alpha value is -3.75. The van der Waals surface area contributed by atoms with Gasteiger partial charge < -0.3 is 10.1 Å². The molecule has 0 bridgehead atoms. The van der Waals surface area contributed by atoms with Gasteiger partial charge in [0, 0.05) is 24.1 Å². The van der Waals surface area contributed by atoms with Gasteiger partial charge in [-0.3, -0.25) is 19.7 Å². The highest BCUT2D eigenvalue weighted by molar-refractivity contribution is 6.04. The van der Waals surface area contributed by atoms with Crippen LogP contribution in [0.15, 0.2) is 53.6 Å². The highest BCUT2D eigenvalue weighted by Crippen LogP contribution is 2.29. The van der Waals surface area contributed by atoms with Crippen molar-refractivity contribution in [3.8, 4) is 5.75 Å². The van der Waals surface area contributed by atoms with E-state index in [0.29, 0.717) is 17.8 Å². The molecule has 2 N–H and O–H groups in total. The number of ether oxygens (including phenoxy) is 1. The Balaban J connectivity index is 1.78.